The van der Waals surface area contributed by atoms with E-state index in [4.69, 9.17) is 9.47 Å². The molecule has 2 amide bonds. The van der Waals surface area contributed by atoms with Gasteiger partial charge in [-0.05, 0) is 50.6 Å². The summed E-state index contributed by atoms with van der Waals surface area (Å²) in [5.41, 5.74) is 1.66. The van der Waals surface area contributed by atoms with Gasteiger partial charge >= 0.3 is 0 Å². The van der Waals surface area contributed by atoms with Crippen LogP contribution in [-0.4, -0.2) is 66.2 Å². The van der Waals surface area contributed by atoms with Crippen molar-refractivity contribution in [2.24, 2.45) is 0 Å². The number of fused-ring (bicyclic) bond motifs is 2. The van der Waals surface area contributed by atoms with Crippen molar-refractivity contribution >= 4 is 23.2 Å². The van der Waals surface area contributed by atoms with E-state index in [-0.39, 0.29) is 24.6 Å². The van der Waals surface area contributed by atoms with E-state index >= 15 is 0 Å². The topological polar surface area (TPSA) is 74.4 Å². The number of para-hydroxylation sites is 2. The molecule has 174 valence electrons. The number of ether oxygens (including phenoxy) is 2. The first-order valence-corrected chi connectivity index (χ1v) is 11.4. The number of nitrogens with one attached hydrogen (secondary N) is 1. The van der Waals surface area contributed by atoms with Gasteiger partial charge in [-0.2, -0.15) is 0 Å². The van der Waals surface area contributed by atoms with Crippen LogP contribution in [0, 0.1) is 0 Å². The molecule has 8 heteroatoms. The van der Waals surface area contributed by atoms with E-state index in [1.54, 1.807) is 18.7 Å². The first-order chi connectivity index (χ1) is 15.8. The van der Waals surface area contributed by atoms with Crippen molar-refractivity contribution in [2.75, 3.05) is 43.2 Å². The van der Waals surface area contributed by atoms with Gasteiger partial charge in [0.1, 0.15) is 5.54 Å². The van der Waals surface area contributed by atoms with E-state index in [0.29, 0.717) is 5.69 Å². The van der Waals surface area contributed by atoms with Gasteiger partial charge in [0, 0.05) is 32.7 Å². The van der Waals surface area contributed by atoms with Crippen molar-refractivity contribution in [1.82, 2.24) is 9.80 Å². The molecule has 0 unspecified atom stereocenters. The maximum Gasteiger partial charge on any atom is 0.250 e. The van der Waals surface area contributed by atoms with Crippen LogP contribution in [0.2, 0.25) is 0 Å². The lowest BCUT2D eigenvalue weighted by molar-refractivity contribution is -0.129. The van der Waals surface area contributed by atoms with Crippen molar-refractivity contribution in [3.8, 4) is 11.5 Å². The summed E-state index contributed by atoms with van der Waals surface area (Å²) in [6.45, 7) is 9.97. The van der Waals surface area contributed by atoms with Crippen LogP contribution < -0.4 is 19.7 Å². The summed E-state index contributed by atoms with van der Waals surface area (Å²) in [6, 6.07) is 13.2. The fourth-order valence-electron chi connectivity index (χ4n) is 4.80. The smallest absolute Gasteiger partial charge is 0.250 e. The van der Waals surface area contributed by atoms with E-state index < -0.39 is 5.54 Å². The Balaban J connectivity index is 1.25. The van der Waals surface area contributed by atoms with Gasteiger partial charge in [-0.3, -0.25) is 24.3 Å². The second-order valence-electron chi connectivity index (χ2n) is 9.38. The number of anilines is 2. The van der Waals surface area contributed by atoms with Crippen molar-refractivity contribution in [1.29, 1.82) is 0 Å². The lowest BCUT2D eigenvalue weighted by Gasteiger charge is -2.45. The fraction of sp³-hybridized carbons (Fsp3) is 0.440. The quantitative estimate of drug-likeness (QED) is 0.772. The predicted molar refractivity (Wildman–Crippen MR) is 126 cm³/mol. The number of carbonyl (C=O) groups is 2. The standard InChI is InChI=1S/C25H30N4O4/c1-17(23(30)29-20-7-5-4-6-19(20)26-24(31)25(29,2)3)28-12-10-27(11-13-28)15-18-8-9-21-22(14-18)33-16-32-21/h4-9,14,17H,10-13,15-16H2,1-3H3,(H,26,31)/t17-/m1/s1. The number of piperazine rings is 1. The number of rotatable bonds is 4. The molecule has 3 aliphatic rings. The van der Waals surface area contributed by atoms with Gasteiger partial charge in [0.25, 0.3) is 0 Å². The third-order valence-corrected chi connectivity index (χ3v) is 6.88. The average molecular weight is 451 g/mol. The monoisotopic (exact) mass is 450 g/mol. The van der Waals surface area contributed by atoms with E-state index in [0.717, 1.165) is 49.9 Å². The highest BCUT2D eigenvalue weighted by Gasteiger charge is 2.45. The molecule has 0 bridgehead atoms. The molecule has 8 nitrogen and oxygen atoms in total. The van der Waals surface area contributed by atoms with Gasteiger partial charge in [0.15, 0.2) is 11.5 Å². The van der Waals surface area contributed by atoms with Gasteiger partial charge in [-0.15, -0.1) is 0 Å². The minimum Gasteiger partial charge on any atom is -0.454 e. The molecule has 0 radical (unpaired) electrons. The van der Waals surface area contributed by atoms with Crippen molar-refractivity contribution in [2.45, 2.75) is 38.9 Å². The maximum atomic E-state index is 13.7. The zero-order chi connectivity index (χ0) is 23.2. The highest BCUT2D eigenvalue weighted by molar-refractivity contribution is 6.15. The second kappa shape index (κ2) is 8.35. The van der Waals surface area contributed by atoms with Crippen LogP contribution in [0.3, 0.4) is 0 Å². The van der Waals surface area contributed by atoms with Gasteiger partial charge < -0.3 is 14.8 Å². The molecule has 2 aromatic rings. The van der Waals surface area contributed by atoms with E-state index in [1.807, 2.05) is 43.3 Å². The Morgan fingerprint density at radius 2 is 1.79 bits per heavy atom. The van der Waals surface area contributed by atoms with Crippen LogP contribution >= 0.6 is 0 Å². The number of benzene rings is 2. The summed E-state index contributed by atoms with van der Waals surface area (Å²) in [4.78, 5) is 32.7. The summed E-state index contributed by atoms with van der Waals surface area (Å²) in [5, 5.41) is 2.93. The lowest BCUT2D eigenvalue weighted by atomic mass is 9.95. The van der Waals surface area contributed by atoms with E-state index in [2.05, 4.69) is 21.2 Å². The molecule has 0 aliphatic carbocycles. The molecular weight excluding hydrogens is 420 g/mol. The first-order valence-electron chi connectivity index (χ1n) is 11.4. The fourth-order valence-corrected chi connectivity index (χ4v) is 4.80. The van der Waals surface area contributed by atoms with Crippen molar-refractivity contribution in [3.05, 3.63) is 48.0 Å². The Labute approximate surface area is 194 Å². The third-order valence-electron chi connectivity index (χ3n) is 6.88. The van der Waals surface area contributed by atoms with Gasteiger partial charge in [0.2, 0.25) is 18.6 Å². The van der Waals surface area contributed by atoms with Crippen LogP contribution in [0.1, 0.15) is 26.3 Å². The van der Waals surface area contributed by atoms with Gasteiger partial charge in [0.05, 0.1) is 17.4 Å². The Bertz CT molecular complexity index is 1080. The molecule has 0 aromatic heterocycles. The third kappa shape index (κ3) is 3.94. The number of hydrogen-bond donors (Lipinski definition) is 1. The zero-order valence-corrected chi connectivity index (χ0v) is 19.3. The molecule has 1 N–H and O–H groups in total. The Hall–Kier alpha value is -3.10. The Morgan fingerprint density at radius 3 is 2.58 bits per heavy atom. The highest BCUT2D eigenvalue weighted by atomic mass is 16.7. The molecule has 33 heavy (non-hydrogen) atoms. The largest absolute Gasteiger partial charge is 0.454 e. The van der Waals surface area contributed by atoms with Crippen molar-refractivity contribution in [3.63, 3.8) is 0 Å². The number of nitrogens with zero attached hydrogens (tertiary/aromatic N) is 3. The first kappa shape index (κ1) is 21.7. The molecular formula is C25H30N4O4. The number of carbonyl (C=O) groups excluding carboxylic acids is 2. The lowest BCUT2D eigenvalue weighted by Crippen LogP contribution is -2.63. The summed E-state index contributed by atoms with van der Waals surface area (Å²) in [7, 11) is 0. The van der Waals surface area contributed by atoms with E-state index in [9.17, 15) is 9.59 Å². The normalized spacial score (nSPS) is 20.8. The van der Waals surface area contributed by atoms with Crippen LogP contribution in [0.25, 0.3) is 0 Å². The summed E-state index contributed by atoms with van der Waals surface area (Å²) in [6.07, 6.45) is 0. The number of amides is 2. The molecule has 0 spiro atoms. The summed E-state index contributed by atoms with van der Waals surface area (Å²) >= 11 is 0. The van der Waals surface area contributed by atoms with Crippen LogP contribution in [0.5, 0.6) is 11.5 Å². The Kier molecular flexibility index (Phi) is 5.50. The molecule has 3 aliphatic heterocycles. The van der Waals surface area contributed by atoms with Crippen LogP contribution in [0.15, 0.2) is 42.5 Å². The SMILES string of the molecule is C[C@H](C(=O)N1c2ccccc2NC(=O)C1(C)C)N1CCN(Cc2ccc3c(c2)OCO3)CC1. The molecule has 3 heterocycles. The molecule has 2 aromatic carbocycles. The van der Waals surface area contributed by atoms with Crippen molar-refractivity contribution < 1.29 is 19.1 Å². The predicted octanol–water partition coefficient (Wildman–Crippen LogP) is 2.69. The minimum absolute atomic E-state index is 0.0495. The van der Waals surface area contributed by atoms with E-state index in [1.165, 1.54) is 5.56 Å². The molecule has 0 saturated carbocycles. The average Bonchev–Trinajstić information content (AvgIpc) is 3.27. The summed E-state index contributed by atoms with van der Waals surface area (Å²) in [5.74, 6) is 1.38. The molecule has 1 fully saturated rings. The zero-order valence-electron chi connectivity index (χ0n) is 19.3. The van der Waals surface area contributed by atoms with Gasteiger partial charge in [-0.1, -0.05) is 18.2 Å². The van der Waals surface area contributed by atoms with Crippen LogP contribution in [-0.2, 0) is 16.1 Å². The Morgan fingerprint density at radius 1 is 1.06 bits per heavy atom. The summed E-state index contributed by atoms with van der Waals surface area (Å²) < 4.78 is 10.9. The maximum absolute atomic E-state index is 13.7. The minimum atomic E-state index is -0.957. The van der Waals surface area contributed by atoms with Gasteiger partial charge in [-0.25, -0.2) is 0 Å². The second-order valence-corrected chi connectivity index (χ2v) is 9.38. The molecule has 1 saturated heterocycles. The molecule has 5 rings (SSSR count). The number of hydrogen-bond acceptors (Lipinski definition) is 6. The van der Waals surface area contributed by atoms with Crippen LogP contribution in [0.4, 0.5) is 11.4 Å². The highest BCUT2D eigenvalue weighted by Crippen LogP contribution is 2.37. The molecule has 1 atom stereocenters.